The molecule has 142 valence electrons. The van der Waals surface area contributed by atoms with Gasteiger partial charge in [-0.25, -0.2) is 4.79 Å². The van der Waals surface area contributed by atoms with E-state index >= 15 is 0 Å². The Bertz CT molecular complexity index is 858. The average Bonchev–Trinajstić information content (AvgIpc) is 2.70. The van der Waals surface area contributed by atoms with Gasteiger partial charge in [0.05, 0.1) is 19.8 Å². The van der Waals surface area contributed by atoms with Crippen LogP contribution in [0.5, 0.6) is 5.75 Å². The molecule has 27 heavy (non-hydrogen) atoms. The van der Waals surface area contributed by atoms with E-state index in [0.29, 0.717) is 46.8 Å². The van der Waals surface area contributed by atoms with Gasteiger partial charge in [-0.15, -0.1) is 0 Å². The zero-order valence-electron chi connectivity index (χ0n) is 15.9. The number of methoxy groups -OCH3 is 2. The number of carbonyl (C=O) groups is 3. The van der Waals surface area contributed by atoms with E-state index in [1.807, 2.05) is 13.8 Å². The summed E-state index contributed by atoms with van der Waals surface area (Å²) in [4.78, 5) is 36.1. The van der Waals surface area contributed by atoms with E-state index in [2.05, 4.69) is 5.32 Å². The zero-order valence-corrected chi connectivity index (χ0v) is 15.9. The first-order valence-corrected chi connectivity index (χ1v) is 8.55. The second-order valence-corrected chi connectivity index (χ2v) is 6.43. The highest BCUT2D eigenvalue weighted by atomic mass is 16.5. The third-order valence-corrected chi connectivity index (χ3v) is 4.03. The SMILES string of the molecule is COC(=O)c1cc(C(=O)NCC(C)C)ccc1-c1ccc(OC)cc1C=O. The van der Waals surface area contributed by atoms with Crippen molar-refractivity contribution in [1.82, 2.24) is 5.32 Å². The summed E-state index contributed by atoms with van der Waals surface area (Å²) in [7, 11) is 2.78. The summed E-state index contributed by atoms with van der Waals surface area (Å²) in [6.45, 7) is 4.52. The highest BCUT2D eigenvalue weighted by molar-refractivity contribution is 6.04. The van der Waals surface area contributed by atoms with Gasteiger partial charge in [-0.1, -0.05) is 19.9 Å². The molecule has 6 nitrogen and oxygen atoms in total. The number of rotatable bonds is 7. The number of aldehydes is 1. The maximum atomic E-state index is 12.3. The van der Waals surface area contributed by atoms with Crippen LogP contribution in [0.3, 0.4) is 0 Å². The van der Waals surface area contributed by atoms with Crippen LogP contribution < -0.4 is 10.1 Å². The van der Waals surface area contributed by atoms with Gasteiger partial charge in [0.1, 0.15) is 5.75 Å². The molecule has 2 rings (SSSR count). The van der Waals surface area contributed by atoms with Crippen LogP contribution in [-0.4, -0.2) is 38.9 Å². The first-order chi connectivity index (χ1) is 12.9. The van der Waals surface area contributed by atoms with Gasteiger partial charge >= 0.3 is 5.97 Å². The van der Waals surface area contributed by atoms with Gasteiger partial charge in [-0.2, -0.15) is 0 Å². The van der Waals surface area contributed by atoms with Crippen LogP contribution >= 0.6 is 0 Å². The molecule has 2 aromatic carbocycles. The lowest BCUT2D eigenvalue weighted by Gasteiger charge is -2.14. The number of nitrogens with one attached hydrogen (secondary N) is 1. The predicted octanol–water partition coefficient (Wildman–Crippen LogP) is 3.35. The lowest BCUT2D eigenvalue weighted by Crippen LogP contribution is -2.27. The molecule has 1 N–H and O–H groups in total. The van der Waals surface area contributed by atoms with Crippen LogP contribution in [0.1, 0.15) is 44.9 Å². The molecule has 0 unspecified atom stereocenters. The van der Waals surface area contributed by atoms with Gasteiger partial charge in [0.15, 0.2) is 6.29 Å². The smallest absolute Gasteiger partial charge is 0.338 e. The van der Waals surface area contributed by atoms with Crippen molar-refractivity contribution in [2.24, 2.45) is 5.92 Å². The monoisotopic (exact) mass is 369 g/mol. The van der Waals surface area contributed by atoms with Crippen LogP contribution in [0.2, 0.25) is 0 Å². The fraction of sp³-hybridized carbons (Fsp3) is 0.286. The summed E-state index contributed by atoms with van der Waals surface area (Å²) in [6, 6.07) is 9.74. The van der Waals surface area contributed by atoms with E-state index in [-0.39, 0.29) is 11.5 Å². The molecule has 0 aliphatic rings. The molecule has 0 radical (unpaired) electrons. The Morgan fingerprint density at radius 3 is 2.37 bits per heavy atom. The van der Waals surface area contributed by atoms with E-state index in [0.717, 1.165) is 0 Å². The van der Waals surface area contributed by atoms with Crippen LogP contribution in [-0.2, 0) is 4.74 Å². The number of hydrogen-bond acceptors (Lipinski definition) is 5. The Hall–Kier alpha value is -3.15. The van der Waals surface area contributed by atoms with Crippen LogP contribution in [0.25, 0.3) is 11.1 Å². The van der Waals surface area contributed by atoms with Crippen molar-refractivity contribution in [3.8, 4) is 16.9 Å². The number of carbonyl (C=O) groups excluding carboxylic acids is 3. The second kappa shape index (κ2) is 8.98. The summed E-state index contributed by atoms with van der Waals surface area (Å²) in [5, 5.41) is 2.82. The van der Waals surface area contributed by atoms with Crippen molar-refractivity contribution < 1.29 is 23.9 Å². The van der Waals surface area contributed by atoms with Crippen molar-refractivity contribution in [1.29, 1.82) is 0 Å². The molecule has 1 amide bonds. The van der Waals surface area contributed by atoms with E-state index in [1.165, 1.54) is 20.3 Å². The van der Waals surface area contributed by atoms with Gasteiger partial charge in [-0.05, 0) is 47.4 Å². The number of benzene rings is 2. The fourth-order valence-corrected chi connectivity index (χ4v) is 2.61. The number of amides is 1. The van der Waals surface area contributed by atoms with Crippen LogP contribution in [0.4, 0.5) is 0 Å². The Balaban J connectivity index is 2.53. The standard InChI is InChI=1S/C21H23NO5/c1-13(2)11-22-20(24)14-5-7-18(19(10-14)21(25)27-4)17-8-6-16(26-3)9-15(17)12-23/h5-10,12-13H,11H2,1-4H3,(H,22,24). The van der Waals surface area contributed by atoms with E-state index in [9.17, 15) is 14.4 Å². The van der Waals surface area contributed by atoms with Gasteiger partial charge in [0.2, 0.25) is 0 Å². The molecule has 0 spiro atoms. The number of esters is 1. The van der Waals surface area contributed by atoms with Crippen LogP contribution in [0, 0.1) is 5.92 Å². The normalized spacial score (nSPS) is 10.4. The minimum atomic E-state index is -0.587. The molecule has 0 saturated heterocycles. The fourth-order valence-electron chi connectivity index (χ4n) is 2.61. The molecule has 6 heteroatoms. The van der Waals surface area contributed by atoms with Gasteiger partial charge < -0.3 is 14.8 Å². The largest absolute Gasteiger partial charge is 0.497 e. The molecule has 0 aliphatic heterocycles. The minimum absolute atomic E-state index is 0.211. The molecule has 0 fully saturated rings. The highest BCUT2D eigenvalue weighted by Crippen LogP contribution is 2.30. The Morgan fingerprint density at radius 1 is 1.07 bits per heavy atom. The minimum Gasteiger partial charge on any atom is -0.497 e. The average molecular weight is 369 g/mol. The van der Waals surface area contributed by atoms with Crippen LogP contribution in [0.15, 0.2) is 36.4 Å². The number of hydrogen-bond donors (Lipinski definition) is 1. The zero-order chi connectivity index (χ0) is 20.0. The number of ether oxygens (including phenoxy) is 2. The van der Waals surface area contributed by atoms with Crippen molar-refractivity contribution in [3.05, 3.63) is 53.1 Å². The Labute approximate surface area is 158 Å². The second-order valence-electron chi connectivity index (χ2n) is 6.43. The molecule has 2 aromatic rings. The topological polar surface area (TPSA) is 81.7 Å². The summed E-state index contributed by atoms with van der Waals surface area (Å²) < 4.78 is 10.0. The Morgan fingerprint density at radius 2 is 1.78 bits per heavy atom. The van der Waals surface area contributed by atoms with Gasteiger partial charge in [0.25, 0.3) is 5.91 Å². The summed E-state index contributed by atoms with van der Waals surface area (Å²) in [5.41, 5.74) is 1.99. The van der Waals surface area contributed by atoms with Crippen molar-refractivity contribution >= 4 is 18.2 Å². The molecule has 0 aliphatic carbocycles. The van der Waals surface area contributed by atoms with Crippen molar-refractivity contribution in [2.75, 3.05) is 20.8 Å². The first kappa shape index (κ1) is 20.2. The molecule has 0 saturated carbocycles. The lowest BCUT2D eigenvalue weighted by atomic mass is 9.94. The molecule has 0 aromatic heterocycles. The maximum Gasteiger partial charge on any atom is 0.338 e. The predicted molar refractivity (Wildman–Crippen MR) is 102 cm³/mol. The molecule has 0 atom stereocenters. The third-order valence-electron chi connectivity index (χ3n) is 4.03. The summed E-state index contributed by atoms with van der Waals surface area (Å²) in [6.07, 6.45) is 0.697. The first-order valence-electron chi connectivity index (χ1n) is 8.55. The summed E-state index contributed by atoms with van der Waals surface area (Å²) >= 11 is 0. The maximum absolute atomic E-state index is 12.3. The summed E-state index contributed by atoms with van der Waals surface area (Å²) in [5.74, 6) is -0.0187. The quantitative estimate of drug-likeness (QED) is 0.598. The lowest BCUT2D eigenvalue weighted by molar-refractivity contribution is 0.0601. The van der Waals surface area contributed by atoms with Gasteiger partial charge in [0, 0.05) is 17.7 Å². The van der Waals surface area contributed by atoms with Crippen molar-refractivity contribution in [2.45, 2.75) is 13.8 Å². The van der Waals surface area contributed by atoms with Crippen molar-refractivity contribution in [3.63, 3.8) is 0 Å². The molecule has 0 heterocycles. The third kappa shape index (κ3) is 4.73. The molecule has 0 bridgehead atoms. The van der Waals surface area contributed by atoms with E-state index < -0.39 is 5.97 Å². The van der Waals surface area contributed by atoms with Gasteiger partial charge in [-0.3, -0.25) is 9.59 Å². The van der Waals surface area contributed by atoms with E-state index in [4.69, 9.17) is 9.47 Å². The Kier molecular flexibility index (Phi) is 6.71. The highest BCUT2D eigenvalue weighted by Gasteiger charge is 2.19. The van der Waals surface area contributed by atoms with E-state index in [1.54, 1.807) is 30.3 Å². The molecular formula is C21H23NO5. The molecular weight excluding hydrogens is 346 g/mol.